The molecule has 0 aliphatic carbocycles. The van der Waals surface area contributed by atoms with Crippen molar-refractivity contribution < 1.29 is 24.5 Å². The average molecular weight is 217 g/mol. The SMILES string of the molecule is CC(=O)O[C@H]1O[C@H](CN=[N+]=[N-])[C@@H](O)[C@H]1O. The van der Waals surface area contributed by atoms with Crippen LogP contribution in [0.25, 0.3) is 10.4 Å². The predicted octanol–water partition coefficient (Wildman–Crippen LogP) is -0.694. The molecule has 1 rings (SSSR count). The highest BCUT2D eigenvalue weighted by Crippen LogP contribution is 2.22. The number of azide groups is 1. The third kappa shape index (κ3) is 2.80. The Morgan fingerprint density at radius 3 is 2.80 bits per heavy atom. The van der Waals surface area contributed by atoms with E-state index in [0.717, 1.165) is 6.92 Å². The van der Waals surface area contributed by atoms with Crippen molar-refractivity contribution in [1.82, 2.24) is 0 Å². The van der Waals surface area contributed by atoms with Crippen LogP contribution in [-0.2, 0) is 14.3 Å². The molecule has 0 aromatic rings. The molecule has 1 heterocycles. The molecule has 1 fully saturated rings. The lowest BCUT2D eigenvalue weighted by molar-refractivity contribution is -0.185. The fourth-order valence-electron chi connectivity index (χ4n) is 1.24. The highest BCUT2D eigenvalue weighted by Gasteiger charge is 2.44. The van der Waals surface area contributed by atoms with Gasteiger partial charge in [-0.25, -0.2) is 0 Å². The molecule has 8 nitrogen and oxygen atoms in total. The summed E-state index contributed by atoms with van der Waals surface area (Å²) in [6.07, 6.45) is -4.63. The van der Waals surface area contributed by atoms with E-state index in [9.17, 15) is 15.0 Å². The number of rotatable bonds is 3. The summed E-state index contributed by atoms with van der Waals surface area (Å²) in [6, 6.07) is 0. The summed E-state index contributed by atoms with van der Waals surface area (Å²) in [5, 5.41) is 22.0. The van der Waals surface area contributed by atoms with Crippen molar-refractivity contribution in [3.05, 3.63) is 10.4 Å². The van der Waals surface area contributed by atoms with E-state index in [2.05, 4.69) is 14.8 Å². The molecular formula is C7H11N3O5. The fraction of sp³-hybridized carbons (Fsp3) is 0.857. The van der Waals surface area contributed by atoms with Crippen LogP contribution in [0.5, 0.6) is 0 Å². The van der Waals surface area contributed by atoms with Crippen LogP contribution >= 0.6 is 0 Å². The number of hydrogen-bond donors (Lipinski definition) is 2. The molecule has 1 aliphatic rings. The lowest BCUT2D eigenvalue weighted by Gasteiger charge is -2.13. The molecule has 0 spiro atoms. The van der Waals surface area contributed by atoms with Gasteiger partial charge in [0.15, 0.2) is 0 Å². The molecule has 15 heavy (non-hydrogen) atoms. The van der Waals surface area contributed by atoms with Crippen LogP contribution in [0.15, 0.2) is 5.11 Å². The van der Waals surface area contributed by atoms with Crippen molar-refractivity contribution in [3.8, 4) is 0 Å². The van der Waals surface area contributed by atoms with Gasteiger partial charge in [-0.2, -0.15) is 0 Å². The summed E-state index contributed by atoms with van der Waals surface area (Å²) in [6.45, 7) is 1.02. The maximum absolute atomic E-state index is 10.6. The molecule has 0 radical (unpaired) electrons. The highest BCUT2D eigenvalue weighted by atomic mass is 16.7. The summed E-state index contributed by atoms with van der Waals surface area (Å²) in [4.78, 5) is 13.1. The van der Waals surface area contributed by atoms with Gasteiger partial charge in [0.05, 0.1) is 12.6 Å². The molecule has 0 unspecified atom stereocenters. The first kappa shape index (κ1) is 11.7. The zero-order valence-corrected chi connectivity index (χ0v) is 7.98. The Bertz CT molecular complexity index is 276. The van der Waals surface area contributed by atoms with E-state index >= 15 is 0 Å². The maximum Gasteiger partial charge on any atom is 0.305 e. The zero-order valence-electron chi connectivity index (χ0n) is 7.98. The Hall–Kier alpha value is -1.34. The van der Waals surface area contributed by atoms with Crippen LogP contribution in [0.1, 0.15) is 6.92 Å². The van der Waals surface area contributed by atoms with Gasteiger partial charge in [-0.05, 0) is 5.53 Å². The predicted molar refractivity (Wildman–Crippen MR) is 46.5 cm³/mol. The van der Waals surface area contributed by atoms with Crippen molar-refractivity contribution >= 4 is 5.97 Å². The van der Waals surface area contributed by atoms with E-state index < -0.39 is 30.6 Å². The largest absolute Gasteiger partial charge is 0.433 e. The standard InChI is InChI=1S/C7H11N3O5/c1-3(11)14-7-6(13)5(12)4(15-7)2-9-10-8/h4-7,12-13H,2H2,1H3/t4-,5-,6-,7+/m1/s1. The first-order chi connectivity index (χ1) is 7.06. The number of aliphatic hydroxyl groups is 2. The maximum atomic E-state index is 10.6. The summed E-state index contributed by atoms with van der Waals surface area (Å²) in [5.74, 6) is -0.629. The van der Waals surface area contributed by atoms with Crippen LogP contribution in [0.3, 0.4) is 0 Å². The summed E-state index contributed by atoms with van der Waals surface area (Å²) < 4.78 is 9.59. The number of hydrogen-bond acceptors (Lipinski definition) is 6. The van der Waals surface area contributed by atoms with Crippen molar-refractivity contribution in [3.63, 3.8) is 0 Å². The Kier molecular flexibility index (Phi) is 3.87. The van der Waals surface area contributed by atoms with Crippen molar-refractivity contribution in [2.75, 3.05) is 6.54 Å². The van der Waals surface area contributed by atoms with Gasteiger partial charge in [0, 0.05) is 11.8 Å². The Morgan fingerprint density at radius 1 is 1.60 bits per heavy atom. The number of nitrogens with zero attached hydrogens (tertiary/aromatic N) is 3. The Balaban J connectivity index is 2.58. The van der Waals surface area contributed by atoms with Crippen molar-refractivity contribution in [2.45, 2.75) is 31.5 Å². The van der Waals surface area contributed by atoms with Gasteiger partial charge in [-0.1, -0.05) is 5.11 Å². The summed E-state index contributed by atoms with van der Waals surface area (Å²) in [7, 11) is 0. The van der Waals surface area contributed by atoms with Gasteiger partial charge in [0.2, 0.25) is 6.29 Å². The molecule has 84 valence electrons. The molecule has 8 heteroatoms. The third-order valence-electron chi connectivity index (χ3n) is 1.93. The Morgan fingerprint density at radius 2 is 2.27 bits per heavy atom. The minimum atomic E-state index is -1.33. The third-order valence-corrected chi connectivity index (χ3v) is 1.93. The van der Waals surface area contributed by atoms with E-state index in [1.165, 1.54) is 0 Å². The number of aliphatic hydroxyl groups excluding tert-OH is 2. The minimum Gasteiger partial charge on any atom is -0.433 e. The fourth-order valence-corrected chi connectivity index (χ4v) is 1.24. The van der Waals surface area contributed by atoms with Crippen molar-refractivity contribution in [1.29, 1.82) is 0 Å². The van der Waals surface area contributed by atoms with E-state index in [1.54, 1.807) is 0 Å². The van der Waals surface area contributed by atoms with E-state index in [-0.39, 0.29) is 6.54 Å². The molecule has 2 N–H and O–H groups in total. The second kappa shape index (κ2) is 4.94. The number of esters is 1. The minimum absolute atomic E-state index is 0.132. The van der Waals surface area contributed by atoms with Gasteiger partial charge in [-0.15, -0.1) is 0 Å². The van der Waals surface area contributed by atoms with Gasteiger partial charge in [0.1, 0.15) is 12.2 Å². The molecule has 0 aromatic heterocycles. The van der Waals surface area contributed by atoms with Crippen LogP contribution < -0.4 is 0 Å². The molecule has 4 atom stereocenters. The molecule has 0 aromatic carbocycles. The van der Waals surface area contributed by atoms with Gasteiger partial charge >= 0.3 is 5.97 Å². The van der Waals surface area contributed by atoms with E-state index in [0.29, 0.717) is 0 Å². The highest BCUT2D eigenvalue weighted by molar-refractivity contribution is 5.66. The topological polar surface area (TPSA) is 125 Å². The summed E-state index contributed by atoms with van der Waals surface area (Å²) in [5.41, 5.74) is 8.06. The number of ether oxygens (including phenoxy) is 2. The Labute approximate surface area is 85.0 Å². The zero-order chi connectivity index (χ0) is 11.4. The average Bonchev–Trinajstić information content (AvgIpc) is 2.42. The van der Waals surface area contributed by atoms with Gasteiger partial charge in [-0.3, -0.25) is 4.79 Å². The molecule has 0 bridgehead atoms. The van der Waals surface area contributed by atoms with Gasteiger partial charge in [0.25, 0.3) is 0 Å². The number of carbonyl (C=O) groups excluding carboxylic acids is 1. The first-order valence-corrected chi connectivity index (χ1v) is 4.26. The molecule has 1 saturated heterocycles. The molecule has 0 amide bonds. The van der Waals surface area contributed by atoms with Crippen LogP contribution in [0.4, 0.5) is 0 Å². The van der Waals surface area contributed by atoms with E-state index in [4.69, 9.17) is 10.3 Å². The smallest absolute Gasteiger partial charge is 0.305 e. The summed E-state index contributed by atoms with van der Waals surface area (Å²) >= 11 is 0. The molecule has 1 aliphatic heterocycles. The lowest BCUT2D eigenvalue weighted by atomic mass is 10.1. The second-order valence-corrected chi connectivity index (χ2v) is 3.05. The van der Waals surface area contributed by atoms with Crippen LogP contribution in [0, 0.1) is 0 Å². The normalized spacial score (nSPS) is 34.6. The quantitative estimate of drug-likeness (QED) is 0.280. The first-order valence-electron chi connectivity index (χ1n) is 4.26. The van der Waals surface area contributed by atoms with Crippen molar-refractivity contribution in [2.24, 2.45) is 5.11 Å². The lowest BCUT2D eigenvalue weighted by Crippen LogP contribution is -2.34. The van der Waals surface area contributed by atoms with Gasteiger partial charge < -0.3 is 19.7 Å². The second-order valence-electron chi connectivity index (χ2n) is 3.05. The van der Waals surface area contributed by atoms with E-state index in [1.807, 2.05) is 0 Å². The molecular weight excluding hydrogens is 206 g/mol. The van der Waals surface area contributed by atoms with Crippen LogP contribution in [-0.4, -0.2) is 47.3 Å². The number of carbonyl (C=O) groups is 1. The van der Waals surface area contributed by atoms with Crippen LogP contribution in [0.2, 0.25) is 0 Å². The molecule has 0 saturated carbocycles. The monoisotopic (exact) mass is 217 g/mol.